The topological polar surface area (TPSA) is 9.23 Å². The molecule has 0 bridgehead atoms. The highest BCUT2D eigenvalue weighted by atomic mass is 32.3. The largest absolute Gasteiger partial charge is 0.373 e. The Bertz CT molecular complexity index is 65.4. The first-order valence-corrected chi connectivity index (χ1v) is 5.60. The Morgan fingerprint density at radius 1 is 1.25 bits per heavy atom. The summed E-state index contributed by atoms with van der Waals surface area (Å²) in [6, 6.07) is 0. The first-order chi connectivity index (χ1) is 3.48. The Balaban J connectivity index is 3.62. The van der Waals surface area contributed by atoms with Crippen LogP contribution in [-0.2, 0) is 4.74 Å². The van der Waals surface area contributed by atoms with Crippen LogP contribution in [0.2, 0.25) is 0 Å². The van der Waals surface area contributed by atoms with Gasteiger partial charge in [-0.1, -0.05) is 0 Å². The molecule has 8 heavy (non-hydrogen) atoms. The number of hydrogen-bond donors (Lipinski definition) is 0. The molecule has 0 rings (SSSR count). The predicted octanol–water partition coefficient (Wildman–Crippen LogP) is 1.67. The molecule has 1 unspecified atom stereocenters. The van der Waals surface area contributed by atoms with E-state index in [0.717, 1.165) is 0 Å². The van der Waals surface area contributed by atoms with Gasteiger partial charge in [0.05, 0.1) is 5.44 Å². The fourth-order valence-corrected chi connectivity index (χ4v) is 0.866. The number of methoxy groups -OCH3 is 1. The minimum atomic E-state index is -0.475. The van der Waals surface area contributed by atoms with E-state index in [-0.39, 0.29) is 0 Å². The normalized spacial score (nSPS) is 18.1. The summed E-state index contributed by atoms with van der Waals surface area (Å²) in [7, 11) is 1.29. The number of rotatable bonds is 2. The number of hydrogen-bond acceptors (Lipinski definition) is 1. The standard InChI is InChI=1S/C6H16OS/c1-6(7-2)8(3,4)5/h6H,1-5H3. The summed E-state index contributed by atoms with van der Waals surface area (Å²) >= 11 is 0. The van der Waals surface area contributed by atoms with E-state index in [1.165, 1.54) is 0 Å². The molecule has 0 N–H and O–H groups in total. The lowest BCUT2D eigenvalue weighted by Gasteiger charge is -2.31. The number of ether oxygens (including phenoxy) is 1. The molecular weight excluding hydrogens is 120 g/mol. The van der Waals surface area contributed by atoms with E-state index < -0.39 is 10.0 Å². The quantitative estimate of drug-likeness (QED) is 0.561. The van der Waals surface area contributed by atoms with Crippen molar-refractivity contribution in [1.29, 1.82) is 0 Å². The van der Waals surface area contributed by atoms with E-state index >= 15 is 0 Å². The lowest BCUT2D eigenvalue weighted by molar-refractivity contribution is 0.185. The van der Waals surface area contributed by atoms with Crippen molar-refractivity contribution >= 4 is 10.0 Å². The molecule has 0 fully saturated rings. The second-order valence-electron chi connectivity index (χ2n) is 2.74. The minimum absolute atomic E-state index is 0.433. The molecule has 1 atom stereocenters. The third-order valence-corrected chi connectivity index (χ3v) is 3.51. The highest BCUT2D eigenvalue weighted by molar-refractivity contribution is 8.32. The maximum atomic E-state index is 5.15. The molecule has 0 aliphatic heterocycles. The van der Waals surface area contributed by atoms with Crippen LogP contribution in [0.15, 0.2) is 0 Å². The monoisotopic (exact) mass is 136 g/mol. The highest BCUT2D eigenvalue weighted by Gasteiger charge is 2.12. The Morgan fingerprint density at radius 2 is 1.62 bits per heavy atom. The van der Waals surface area contributed by atoms with Gasteiger partial charge in [0.1, 0.15) is 0 Å². The third kappa shape index (κ3) is 2.58. The van der Waals surface area contributed by atoms with E-state index in [9.17, 15) is 0 Å². The molecule has 1 nitrogen and oxygen atoms in total. The molecule has 0 saturated heterocycles. The fraction of sp³-hybridized carbons (Fsp3) is 1.00. The van der Waals surface area contributed by atoms with Gasteiger partial charge in [0, 0.05) is 7.11 Å². The van der Waals surface area contributed by atoms with Crippen molar-refractivity contribution in [2.45, 2.75) is 12.4 Å². The average molecular weight is 136 g/mol. The third-order valence-electron chi connectivity index (χ3n) is 1.33. The summed E-state index contributed by atoms with van der Waals surface area (Å²) in [5, 5.41) is 0. The molecule has 0 aromatic rings. The van der Waals surface area contributed by atoms with Crippen LogP contribution in [0.25, 0.3) is 0 Å². The van der Waals surface area contributed by atoms with Crippen LogP contribution in [0.5, 0.6) is 0 Å². The van der Waals surface area contributed by atoms with E-state index in [4.69, 9.17) is 4.74 Å². The van der Waals surface area contributed by atoms with Gasteiger partial charge in [0.2, 0.25) is 0 Å². The molecule has 0 aliphatic rings. The van der Waals surface area contributed by atoms with Crippen LogP contribution in [0.4, 0.5) is 0 Å². The lowest BCUT2D eigenvalue weighted by atomic mass is 10.9. The Hall–Kier alpha value is 0.310. The van der Waals surface area contributed by atoms with E-state index in [0.29, 0.717) is 5.44 Å². The first-order valence-electron chi connectivity index (χ1n) is 2.68. The molecule has 0 aliphatic carbocycles. The van der Waals surface area contributed by atoms with Crippen molar-refractivity contribution < 1.29 is 4.74 Å². The summed E-state index contributed by atoms with van der Waals surface area (Å²) < 4.78 is 5.15. The zero-order chi connectivity index (χ0) is 6.78. The Morgan fingerprint density at radius 3 is 1.62 bits per heavy atom. The van der Waals surface area contributed by atoms with Gasteiger partial charge in [0.25, 0.3) is 0 Å². The fourth-order valence-electron chi connectivity index (χ4n) is 0.289. The van der Waals surface area contributed by atoms with Gasteiger partial charge in [-0.15, -0.1) is 0 Å². The van der Waals surface area contributed by atoms with Crippen molar-refractivity contribution in [1.82, 2.24) is 0 Å². The van der Waals surface area contributed by atoms with E-state index in [2.05, 4.69) is 25.7 Å². The van der Waals surface area contributed by atoms with Gasteiger partial charge < -0.3 is 4.74 Å². The summed E-state index contributed by atoms with van der Waals surface area (Å²) in [4.78, 5) is 0. The van der Waals surface area contributed by atoms with Crippen molar-refractivity contribution in [3.05, 3.63) is 0 Å². The zero-order valence-corrected chi connectivity index (χ0v) is 7.21. The van der Waals surface area contributed by atoms with E-state index in [1.807, 2.05) is 0 Å². The molecule has 0 spiro atoms. The molecule has 52 valence electrons. The van der Waals surface area contributed by atoms with Gasteiger partial charge >= 0.3 is 0 Å². The Labute approximate surface area is 53.7 Å². The molecule has 0 aromatic heterocycles. The molecule has 0 radical (unpaired) electrons. The van der Waals surface area contributed by atoms with Crippen molar-refractivity contribution in [3.63, 3.8) is 0 Å². The maximum Gasteiger partial charge on any atom is 0.0839 e. The van der Waals surface area contributed by atoms with Crippen LogP contribution in [0.1, 0.15) is 6.92 Å². The molecular formula is C6H16OS. The second kappa shape index (κ2) is 2.74. The van der Waals surface area contributed by atoms with Crippen molar-refractivity contribution in [3.8, 4) is 0 Å². The van der Waals surface area contributed by atoms with Gasteiger partial charge in [-0.2, -0.15) is 0 Å². The predicted molar refractivity (Wildman–Crippen MR) is 41.8 cm³/mol. The summed E-state index contributed by atoms with van der Waals surface area (Å²) in [6.45, 7) is 2.12. The van der Waals surface area contributed by atoms with Gasteiger partial charge in [-0.05, 0) is 25.7 Å². The molecule has 2 heteroatoms. The second-order valence-corrected chi connectivity index (χ2v) is 7.26. The van der Waals surface area contributed by atoms with Crippen LogP contribution >= 0.6 is 10.0 Å². The maximum absolute atomic E-state index is 5.15. The lowest BCUT2D eigenvalue weighted by Crippen LogP contribution is -2.12. The van der Waals surface area contributed by atoms with E-state index in [1.54, 1.807) is 7.11 Å². The molecule has 0 saturated carbocycles. The first kappa shape index (κ1) is 8.31. The Kier molecular flexibility index (Phi) is 2.84. The van der Waals surface area contributed by atoms with Crippen LogP contribution in [-0.4, -0.2) is 31.3 Å². The SMILES string of the molecule is COC(C)S(C)(C)C. The van der Waals surface area contributed by atoms with Crippen LogP contribution < -0.4 is 0 Å². The zero-order valence-electron chi connectivity index (χ0n) is 6.39. The average Bonchev–Trinajstić information content (AvgIpc) is 1.62. The van der Waals surface area contributed by atoms with Crippen molar-refractivity contribution in [2.24, 2.45) is 0 Å². The van der Waals surface area contributed by atoms with Crippen LogP contribution in [0, 0.1) is 0 Å². The summed E-state index contributed by atoms with van der Waals surface area (Å²) in [5.41, 5.74) is 0.433. The highest BCUT2D eigenvalue weighted by Crippen LogP contribution is 2.40. The van der Waals surface area contributed by atoms with Crippen LogP contribution in [0.3, 0.4) is 0 Å². The van der Waals surface area contributed by atoms with Gasteiger partial charge in [-0.3, -0.25) is 0 Å². The summed E-state index contributed by atoms with van der Waals surface area (Å²) in [6.07, 6.45) is 6.75. The van der Waals surface area contributed by atoms with Crippen molar-refractivity contribution in [2.75, 3.05) is 25.9 Å². The molecule has 0 aromatic carbocycles. The minimum Gasteiger partial charge on any atom is -0.373 e. The molecule has 0 amide bonds. The smallest absolute Gasteiger partial charge is 0.0839 e. The summed E-state index contributed by atoms with van der Waals surface area (Å²) in [5.74, 6) is 0. The van der Waals surface area contributed by atoms with Gasteiger partial charge in [0.15, 0.2) is 0 Å². The van der Waals surface area contributed by atoms with Gasteiger partial charge in [-0.25, -0.2) is 10.0 Å². The molecule has 0 heterocycles.